The van der Waals surface area contributed by atoms with Crippen LogP contribution in [-0.2, 0) is 9.57 Å². The summed E-state index contributed by atoms with van der Waals surface area (Å²) in [5, 5.41) is -2.00. The molecule has 15 heavy (non-hydrogen) atoms. The summed E-state index contributed by atoms with van der Waals surface area (Å²) in [6.07, 6.45) is -13.0. The van der Waals surface area contributed by atoms with Gasteiger partial charge < -0.3 is 4.74 Å². The highest BCUT2D eigenvalue weighted by atomic mass is 19.4. The van der Waals surface area contributed by atoms with Gasteiger partial charge in [-0.25, -0.2) is 0 Å². The average Bonchev–Trinajstić information content (AvgIpc) is 1.96. The minimum Gasteiger partial charge on any atom is -0.351 e. The van der Waals surface area contributed by atoms with E-state index in [0.29, 0.717) is 0 Å². The van der Waals surface area contributed by atoms with E-state index in [4.69, 9.17) is 0 Å². The molecule has 0 bridgehead atoms. The lowest BCUT2D eigenvalue weighted by Crippen LogP contribution is -2.49. The smallest absolute Gasteiger partial charge is 0.351 e. The van der Waals surface area contributed by atoms with Gasteiger partial charge in [0.15, 0.2) is 6.29 Å². The maximum atomic E-state index is 11.8. The number of hydroxylamine groups is 2. The maximum Gasteiger partial charge on any atom is 0.490 e. The van der Waals surface area contributed by atoms with Gasteiger partial charge in [0.1, 0.15) is 0 Å². The topological polar surface area (TPSA) is 21.7 Å². The zero-order chi connectivity index (χ0) is 12.3. The van der Waals surface area contributed by atoms with E-state index in [-0.39, 0.29) is 6.61 Å². The molecular formula is C6H9F6NO2. The van der Waals surface area contributed by atoms with Crippen molar-refractivity contribution in [3.8, 4) is 0 Å². The van der Waals surface area contributed by atoms with Crippen molar-refractivity contribution in [1.29, 1.82) is 0 Å². The van der Waals surface area contributed by atoms with Crippen LogP contribution in [0.5, 0.6) is 0 Å². The standard InChI is InChI=1S/C6H9F6NO2/c1-3-14-4(2)15-13(5(7,8)9)6(10,11)12/h4H,3H2,1-2H3. The largest absolute Gasteiger partial charge is 0.490 e. The Morgan fingerprint density at radius 2 is 1.47 bits per heavy atom. The molecule has 1 atom stereocenters. The van der Waals surface area contributed by atoms with Crippen molar-refractivity contribution in [2.24, 2.45) is 0 Å². The molecule has 0 saturated heterocycles. The Morgan fingerprint density at radius 1 is 1.07 bits per heavy atom. The van der Waals surface area contributed by atoms with Gasteiger partial charge in [0.25, 0.3) is 0 Å². The van der Waals surface area contributed by atoms with E-state index in [2.05, 4.69) is 9.57 Å². The summed E-state index contributed by atoms with van der Waals surface area (Å²) in [5.74, 6) is 0. The normalized spacial score (nSPS) is 15.8. The van der Waals surface area contributed by atoms with Gasteiger partial charge in [-0.3, -0.25) is 4.84 Å². The number of rotatable bonds is 4. The van der Waals surface area contributed by atoms with Crippen molar-refractivity contribution >= 4 is 0 Å². The summed E-state index contributed by atoms with van der Waals surface area (Å²) in [7, 11) is 0. The van der Waals surface area contributed by atoms with Crippen LogP contribution in [0.25, 0.3) is 0 Å². The molecule has 1 unspecified atom stereocenters. The van der Waals surface area contributed by atoms with Gasteiger partial charge in [-0.1, -0.05) is 0 Å². The molecule has 0 spiro atoms. The first kappa shape index (κ1) is 14.5. The Labute approximate surface area is 81.5 Å². The molecule has 0 aliphatic carbocycles. The average molecular weight is 241 g/mol. The van der Waals surface area contributed by atoms with Gasteiger partial charge in [-0.2, -0.15) is 26.3 Å². The summed E-state index contributed by atoms with van der Waals surface area (Å²) in [5.41, 5.74) is 0. The van der Waals surface area contributed by atoms with Crippen LogP contribution in [0.3, 0.4) is 0 Å². The van der Waals surface area contributed by atoms with Gasteiger partial charge >= 0.3 is 12.6 Å². The summed E-state index contributed by atoms with van der Waals surface area (Å²) in [6, 6.07) is 0. The van der Waals surface area contributed by atoms with E-state index < -0.39 is 24.0 Å². The van der Waals surface area contributed by atoms with Crippen molar-refractivity contribution in [3.63, 3.8) is 0 Å². The first-order valence-corrected chi connectivity index (χ1v) is 3.81. The molecule has 0 aliphatic heterocycles. The van der Waals surface area contributed by atoms with E-state index in [9.17, 15) is 26.3 Å². The van der Waals surface area contributed by atoms with Crippen molar-refractivity contribution in [1.82, 2.24) is 5.06 Å². The molecule has 0 aromatic rings. The fraction of sp³-hybridized carbons (Fsp3) is 1.00. The van der Waals surface area contributed by atoms with Crippen LogP contribution < -0.4 is 0 Å². The van der Waals surface area contributed by atoms with Gasteiger partial charge in [0.05, 0.1) is 0 Å². The van der Waals surface area contributed by atoms with Crippen LogP contribution in [-0.4, -0.2) is 30.6 Å². The van der Waals surface area contributed by atoms with Gasteiger partial charge in [-0.05, 0) is 13.8 Å². The van der Waals surface area contributed by atoms with E-state index in [1.165, 1.54) is 6.92 Å². The number of hydrogen-bond acceptors (Lipinski definition) is 3. The molecule has 0 fully saturated rings. The summed E-state index contributed by atoms with van der Waals surface area (Å²) < 4.78 is 75.5. The monoisotopic (exact) mass is 241 g/mol. The Hall–Kier alpha value is -0.540. The van der Waals surface area contributed by atoms with Crippen LogP contribution in [0, 0.1) is 0 Å². The van der Waals surface area contributed by atoms with Crippen molar-refractivity contribution in [2.75, 3.05) is 6.61 Å². The van der Waals surface area contributed by atoms with E-state index in [1.54, 1.807) is 0 Å². The lowest BCUT2D eigenvalue weighted by atomic mass is 10.7. The highest BCUT2D eigenvalue weighted by Crippen LogP contribution is 2.34. The third-order valence-corrected chi connectivity index (χ3v) is 1.12. The Balaban J connectivity index is 4.54. The molecule has 0 radical (unpaired) electrons. The lowest BCUT2D eigenvalue weighted by molar-refractivity contribution is -0.505. The third-order valence-electron chi connectivity index (χ3n) is 1.12. The number of alkyl halides is 6. The Morgan fingerprint density at radius 3 is 1.73 bits per heavy atom. The fourth-order valence-electron chi connectivity index (χ4n) is 0.677. The molecule has 0 aromatic heterocycles. The van der Waals surface area contributed by atoms with Crippen molar-refractivity contribution in [2.45, 2.75) is 32.7 Å². The summed E-state index contributed by atoms with van der Waals surface area (Å²) in [6.45, 7) is 2.27. The molecule has 0 aliphatic rings. The second-order valence-electron chi connectivity index (χ2n) is 2.36. The molecule has 0 rings (SSSR count). The molecule has 0 saturated carbocycles. The number of hydrogen-bond donors (Lipinski definition) is 0. The molecule has 9 heteroatoms. The molecule has 92 valence electrons. The highest BCUT2D eigenvalue weighted by Gasteiger charge is 2.56. The van der Waals surface area contributed by atoms with Crippen LogP contribution in [0.2, 0.25) is 0 Å². The minimum absolute atomic E-state index is 0.0648. The van der Waals surface area contributed by atoms with Gasteiger partial charge in [-0.15, -0.1) is 0 Å². The minimum atomic E-state index is -5.66. The molecule has 3 nitrogen and oxygen atoms in total. The van der Waals surface area contributed by atoms with Gasteiger partial charge in [0, 0.05) is 11.7 Å². The summed E-state index contributed by atoms with van der Waals surface area (Å²) >= 11 is 0. The molecule has 0 amide bonds. The quantitative estimate of drug-likeness (QED) is 0.327. The lowest BCUT2D eigenvalue weighted by Gasteiger charge is -2.27. The second-order valence-corrected chi connectivity index (χ2v) is 2.36. The number of ether oxygens (including phenoxy) is 1. The fourth-order valence-corrected chi connectivity index (χ4v) is 0.677. The van der Waals surface area contributed by atoms with Crippen LogP contribution in [0.1, 0.15) is 13.8 Å². The highest BCUT2D eigenvalue weighted by molar-refractivity contribution is 4.51. The number of nitrogens with zero attached hydrogens (tertiary/aromatic N) is 1. The first-order valence-electron chi connectivity index (χ1n) is 3.81. The van der Waals surface area contributed by atoms with Gasteiger partial charge in [0.2, 0.25) is 0 Å². The van der Waals surface area contributed by atoms with Crippen molar-refractivity contribution in [3.05, 3.63) is 0 Å². The maximum absolute atomic E-state index is 11.8. The molecule has 0 N–H and O–H groups in total. The third kappa shape index (κ3) is 5.19. The van der Waals surface area contributed by atoms with Crippen LogP contribution in [0.4, 0.5) is 26.3 Å². The van der Waals surface area contributed by atoms with Crippen LogP contribution >= 0.6 is 0 Å². The predicted molar refractivity (Wildman–Crippen MR) is 36.1 cm³/mol. The molecule has 0 heterocycles. The SMILES string of the molecule is CCOC(C)ON(C(F)(F)F)C(F)(F)F. The Bertz CT molecular complexity index is 177. The van der Waals surface area contributed by atoms with E-state index >= 15 is 0 Å². The van der Waals surface area contributed by atoms with Crippen molar-refractivity contribution < 1.29 is 35.9 Å². The van der Waals surface area contributed by atoms with Crippen LogP contribution in [0.15, 0.2) is 0 Å². The zero-order valence-corrected chi connectivity index (χ0v) is 7.82. The Kier molecular flexibility index (Phi) is 4.81. The zero-order valence-electron chi connectivity index (χ0n) is 7.82. The number of halogens is 6. The summed E-state index contributed by atoms with van der Waals surface area (Å²) in [4.78, 5) is 3.58. The molecule has 0 aromatic carbocycles. The second kappa shape index (κ2) is 4.99. The first-order chi connectivity index (χ1) is 6.59. The van der Waals surface area contributed by atoms with E-state index in [1.807, 2.05) is 0 Å². The molecular weight excluding hydrogens is 232 g/mol. The predicted octanol–water partition coefficient (Wildman–Crippen LogP) is 2.64. The van der Waals surface area contributed by atoms with E-state index in [0.717, 1.165) is 6.92 Å².